The Morgan fingerprint density at radius 3 is 2.34 bits per heavy atom. The third-order valence-electron chi connectivity index (χ3n) is 4.24. The molecule has 1 heterocycles. The molecule has 0 saturated heterocycles. The van der Waals surface area contributed by atoms with Gasteiger partial charge in [-0.3, -0.25) is 14.9 Å². The monoisotopic (exact) mass is 387 g/mol. The number of nitro benzene ring substituents is 1. The third kappa shape index (κ3) is 3.46. The van der Waals surface area contributed by atoms with Crippen molar-refractivity contribution in [2.75, 3.05) is 0 Å². The van der Waals surface area contributed by atoms with Crippen LogP contribution in [0.25, 0.3) is 16.5 Å². The van der Waals surface area contributed by atoms with Crippen LogP contribution < -0.4 is 10.3 Å². The number of non-ortho nitro benzene ring substituents is 1. The molecule has 0 radical (unpaired) electrons. The molecule has 0 spiro atoms. The van der Waals surface area contributed by atoms with E-state index in [9.17, 15) is 19.7 Å². The molecule has 3 aromatic carbocycles. The summed E-state index contributed by atoms with van der Waals surface area (Å²) in [5.74, 6) is -0.820. The van der Waals surface area contributed by atoms with E-state index >= 15 is 0 Å². The molecular formula is C21H13N3O5. The fraction of sp³-hybridized carbons (Fsp3) is 0. The second-order valence-corrected chi connectivity index (χ2v) is 6.09. The van der Waals surface area contributed by atoms with Gasteiger partial charge >= 0.3 is 5.97 Å². The van der Waals surface area contributed by atoms with Gasteiger partial charge in [-0.1, -0.05) is 42.5 Å². The van der Waals surface area contributed by atoms with Crippen LogP contribution in [0.4, 0.5) is 5.69 Å². The molecule has 0 N–H and O–H groups in total. The van der Waals surface area contributed by atoms with E-state index in [1.807, 2.05) is 0 Å². The topological polar surface area (TPSA) is 104 Å². The highest BCUT2D eigenvalue weighted by atomic mass is 16.6. The average molecular weight is 387 g/mol. The maximum absolute atomic E-state index is 12.9. The molecule has 0 fully saturated rings. The Balaban J connectivity index is 1.84. The van der Waals surface area contributed by atoms with Gasteiger partial charge in [0.2, 0.25) is 0 Å². The Hall–Kier alpha value is -4.33. The molecule has 8 heteroatoms. The number of hydrogen-bond acceptors (Lipinski definition) is 6. The van der Waals surface area contributed by atoms with Crippen LogP contribution in [0.1, 0.15) is 10.5 Å². The zero-order valence-electron chi connectivity index (χ0n) is 14.9. The minimum Gasteiger partial charge on any atom is -0.421 e. The number of aromatic nitrogens is 2. The smallest absolute Gasteiger partial charge is 0.364 e. The Morgan fingerprint density at radius 2 is 1.62 bits per heavy atom. The van der Waals surface area contributed by atoms with E-state index in [-0.39, 0.29) is 22.7 Å². The van der Waals surface area contributed by atoms with Gasteiger partial charge in [0.1, 0.15) is 5.75 Å². The number of ether oxygens (including phenoxy) is 1. The summed E-state index contributed by atoms with van der Waals surface area (Å²) in [4.78, 5) is 36.0. The van der Waals surface area contributed by atoms with Crippen molar-refractivity contribution in [3.8, 4) is 11.4 Å². The highest BCUT2D eigenvalue weighted by Gasteiger charge is 2.20. The predicted molar refractivity (Wildman–Crippen MR) is 105 cm³/mol. The molecule has 4 aromatic rings. The standard InChI is InChI=1S/C21H13N3O5/c25-20-18-12-5-4-11-17(18)19(22-23(20)14-7-2-1-3-8-14)21(26)29-16-10-6-9-15(13-16)24(27)28/h1-13H. The van der Waals surface area contributed by atoms with Crippen molar-refractivity contribution >= 4 is 22.4 Å². The van der Waals surface area contributed by atoms with Crippen LogP contribution in [0.2, 0.25) is 0 Å². The third-order valence-corrected chi connectivity index (χ3v) is 4.24. The van der Waals surface area contributed by atoms with Gasteiger partial charge in [-0.25, -0.2) is 4.79 Å². The molecule has 0 atom stereocenters. The van der Waals surface area contributed by atoms with Crippen molar-refractivity contribution in [1.29, 1.82) is 0 Å². The number of esters is 1. The Bertz CT molecular complexity index is 1300. The largest absolute Gasteiger partial charge is 0.421 e. The summed E-state index contributed by atoms with van der Waals surface area (Å²) in [7, 11) is 0. The number of carbonyl (C=O) groups excluding carboxylic acids is 1. The van der Waals surface area contributed by atoms with Crippen LogP contribution in [0.15, 0.2) is 83.7 Å². The van der Waals surface area contributed by atoms with Gasteiger partial charge in [0, 0.05) is 11.5 Å². The number of para-hydroxylation sites is 1. The summed E-state index contributed by atoms with van der Waals surface area (Å²) in [5.41, 5.74) is -0.163. The molecule has 0 amide bonds. The maximum Gasteiger partial charge on any atom is 0.364 e. The Kier molecular flexibility index (Phi) is 4.58. The fourth-order valence-corrected chi connectivity index (χ4v) is 2.90. The zero-order valence-corrected chi connectivity index (χ0v) is 14.9. The quantitative estimate of drug-likeness (QED) is 0.230. The number of benzene rings is 3. The molecule has 0 saturated carbocycles. The van der Waals surface area contributed by atoms with Gasteiger partial charge in [0.15, 0.2) is 5.69 Å². The number of rotatable bonds is 4. The normalized spacial score (nSPS) is 10.6. The lowest BCUT2D eigenvalue weighted by molar-refractivity contribution is -0.384. The zero-order chi connectivity index (χ0) is 20.4. The summed E-state index contributed by atoms with van der Waals surface area (Å²) in [5, 5.41) is 15.8. The fourth-order valence-electron chi connectivity index (χ4n) is 2.90. The van der Waals surface area contributed by atoms with Crippen LogP contribution >= 0.6 is 0 Å². The summed E-state index contributed by atoms with van der Waals surface area (Å²) in [6.45, 7) is 0. The first kappa shape index (κ1) is 18.1. The van der Waals surface area contributed by atoms with Crippen LogP contribution in [0.3, 0.4) is 0 Å². The van der Waals surface area contributed by atoms with Gasteiger partial charge in [-0.15, -0.1) is 0 Å². The molecule has 0 unspecified atom stereocenters. The summed E-state index contributed by atoms with van der Waals surface area (Å²) < 4.78 is 6.44. The molecule has 0 aliphatic rings. The summed E-state index contributed by atoms with van der Waals surface area (Å²) in [6, 6.07) is 20.5. The molecule has 0 aliphatic carbocycles. The lowest BCUT2D eigenvalue weighted by Gasteiger charge is -2.10. The SMILES string of the molecule is O=C(Oc1cccc([N+](=O)[O-])c1)c1nn(-c2ccccc2)c(=O)c2ccccc12. The van der Waals surface area contributed by atoms with E-state index in [4.69, 9.17) is 4.74 Å². The van der Waals surface area contributed by atoms with E-state index in [0.29, 0.717) is 16.5 Å². The van der Waals surface area contributed by atoms with Crippen LogP contribution in [0, 0.1) is 10.1 Å². The molecule has 142 valence electrons. The Morgan fingerprint density at radius 1 is 0.931 bits per heavy atom. The van der Waals surface area contributed by atoms with Crippen molar-refractivity contribution < 1.29 is 14.5 Å². The highest BCUT2D eigenvalue weighted by Crippen LogP contribution is 2.22. The Labute approximate surface area is 163 Å². The van der Waals surface area contributed by atoms with E-state index in [2.05, 4.69) is 5.10 Å². The number of carbonyl (C=O) groups is 1. The first-order valence-electron chi connectivity index (χ1n) is 8.59. The van der Waals surface area contributed by atoms with Crippen molar-refractivity contribution in [2.24, 2.45) is 0 Å². The van der Waals surface area contributed by atoms with Crippen LogP contribution in [-0.4, -0.2) is 20.7 Å². The summed E-state index contributed by atoms with van der Waals surface area (Å²) in [6.07, 6.45) is 0. The summed E-state index contributed by atoms with van der Waals surface area (Å²) >= 11 is 0. The van der Waals surface area contributed by atoms with Gasteiger partial charge < -0.3 is 4.74 Å². The van der Waals surface area contributed by atoms with Gasteiger partial charge in [0.25, 0.3) is 11.2 Å². The number of hydrogen-bond donors (Lipinski definition) is 0. The minimum absolute atomic E-state index is 0.00698. The van der Waals surface area contributed by atoms with E-state index in [1.165, 1.54) is 18.2 Å². The molecule has 8 nitrogen and oxygen atoms in total. The van der Waals surface area contributed by atoms with Gasteiger partial charge in [-0.05, 0) is 24.3 Å². The van der Waals surface area contributed by atoms with Crippen molar-refractivity contribution in [2.45, 2.75) is 0 Å². The molecule has 4 rings (SSSR count). The van der Waals surface area contributed by atoms with Crippen molar-refractivity contribution in [3.63, 3.8) is 0 Å². The second-order valence-electron chi connectivity index (χ2n) is 6.09. The maximum atomic E-state index is 12.9. The molecular weight excluding hydrogens is 374 g/mol. The first-order chi connectivity index (χ1) is 14.0. The van der Waals surface area contributed by atoms with Crippen molar-refractivity contribution in [1.82, 2.24) is 9.78 Å². The lowest BCUT2D eigenvalue weighted by Crippen LogP contribution is -2.25. The number of nitrogens with zero attached hydrogens (tertiary/aromatic N) is 3. The van der Waals surface area contributed by atoms with E-state index in [1.54, 1.807) is 54.6 Å². The average Bonchev–Trinajstić information content (AvgIpc) is 2.75. The number of nitro groups is 1. The number of fused-ring (bicyclic) bond motifs is 1. The molecule has 0 bridgehead atoms. The molecule has 1 aromatic heterocycles. The van der Waals surface area contributed by atoms with Gasteiger partial charge in [-0.2, -0.15) is 9.78 Å². The van der Waals surface area contributed by atoms with Crippen LogP contribution in [0.5, 0.6) is 5.75 Å². The molecule has 29 heavy (non-hydrogen) atoms. The second kappa shape index (κ2) is 7.35. The lowest BCUT2D eigenvalue weighted by atomic mass is 10.1. The van der Waals surface area contributed by atoms with E-state index in [0.717, 1.165) is 10.7 Å². The van der Waals surface area contributed by atoms with E-state index < -0.39 is 10.9 Å². The molecule has 0 aliphatic heterocycles. The predicted octanol–water partition coefficient (Wildman–Crippen LogP) is 3.51. The minimum atomic E-state index is -0.827. The van der Waals surface area contributed by atoms with Crippen molar-refractivity contribution in [3.05, 3.63) is 105 Å². The van der Waals surface area contributed by atoms with Gasteiger partial charge in [0.05, 0.1) is 22.1 Å². The highest BCUT2D eigenvalue weighted by molar-refractivity contribution is 6.03. The first-order valence-corrected chi connectivity index (χ1v) is 8.59. The van der Waals surface area contributed by atoms with Crippen LogP contribution in [-0.2, 0) is 0 Å².